The monoisotopic (exact) mass is 291 g/mol. The van der Waals surface area contributed by atoms with E-state index >= 15 is 0 Å². The molecule has 1 atom stereocenters. The number of likely N-dealkylation sites (tertiary alicyclic amines) is 1. The second-order valence-corrected chi connectivity index (χ2v) is 6.36. The normalized spacial score (nSPS) is 19.5. The standard InChI is InChI=1S/C16H29N5/c1-14(2)11-15-5-9-21(12-15)16(17-3)19-6-4-8-20-10-7-18-13-20/h7,10,13-15H,4-6,8-9,11-12H2,1-3H3,(H,17,19). The van der Waals surface area contributed by atoms with Crippen LogP contribution in [0.5, 0.6) is 0 Å². The third kappa shape index (κ3) is 5.06. The average molecular weight is 291 g/mol. The number of aryl methyl sites for hydroxylation is 1. The lowest BCUT2D eigenvalue weighted by molar-refractivity contribution is 0.403. The van der Waals surface area contributed by atoms with Gasteiger partial charge >= 0.3 is 0 Å². The van der Waals surface area contributed by atoms with Gasteiger partial charge in [0.1, 0.15) is 0 Å². The Kier molecular flexibility index (Phi) is 6.08. The number of hydrogen-bond donors (Lipinski definition) is 1. The van der Waals surface area contributed by atoms with Gasteiger partial charge in [0.25, 0.3) is 0 Å². The van der Waals surface area contributed by atoms with Crippen molar-refractivity contribution in [2.75, 3.05) is 26.7 Å². The minimum atomic E-state index is 0.792. The van der Waals surface area contributed by atoms with E-state index in [2.05, 4.69) is 38.6 Å². The van der Waals surface area contributed by atoms with Crippen LogP contribution >= 0.6 is 0 Å². The lowest BCUT2D eigenvalue weighted by Crippen LogP contribution is -2.40. The lowest BCUT2D eigenvalue weighted by atomic mass is 9.97. The average Bonchev–Trinajstić information content (AvgIpc) is 3.10. The van der Waals surface area contributed by atoms with E-state index in [1.54, 1.807) is 0 Å². The molecule has 5 nitrogen and oxygen atoms in total. The minimum Gasteiger partial charge on any atom is -0.356 e. The number of hydrogen-bond acceptors (Lipinski definition) is 2. The molecule has 1 saturated heterocycles. The van der Waals surface area contributed by atoms with Crippen molar-refractivity contribution in [3.05, 3.63) is 18.7 Å². The summed E-state index contributed by atoms with van der Waals surface area (Å²) in [5, 5.41) is 3.49. The van der Waals surface area contributed by atoms with Gasteiger partial charge in [-0.1, -0.05) is 13.8 Å². The van der Waals surface area contributed by atoms with Crippen molar-refractivity contribution in [1.29, 1.82) is 0 Å². The van der Waals surface area contributed by atoms with Crippen LogP contribution in [0.15, 0.2) is 23.7 Å². The van der Waals surface area contributed by atoms with E-state index in [1.165, 1.54) is 12.8 Å². The first-order valence-corrected chi connectivity index (χ1v) is 8.10. The molecule has 0 amide bonds. The summed E-state index contributed by atoms with van der Waals surface area (Å²) in [6.07, 6.45) is 9.41. The van der Waals surface area contributed by atoms with Gasteiger partial charge in [0.15, 0.2) is 5.96 Å². The molecule has 0 bridgehead atoms. The van der Waals surface area contributed by atoms with Gasteiger partial charge in [-0.2, -0.15) is 0 Å². The summed E-state index contributed by atoms with van der Waals surface area (Å²) in [4.78, 5) is 10.9. The first kappa shape index (κ1) is 15.9. The van der Waals surface area contributed by atoms with E-state index in [9.17, 15) is 0 Å². The second-order valence-electron chi connectivity index (χ2n) is 6.36. The van der Waals surface area contributed by atoms with E-state index in [1.807, 2.05) is 25.8 Å². The number of guanidine groups is 1. The summed E-state index contributed by atoms with van der Waals surface area (Å²) in [7, 11) is 1.88. The highest BCUT2D eigenvalue weighted by Crippen LogP contribution is 2.23. The van der Waals surface area contributed by atoms with Crippen LogP contribution in [0.25, 0.3) is 0 Å². The highest BCUT2D eigenvalue weighted by molar-refractivity contribution is 5.80. The SMILES string of the molecule is CN=C(NCCCn1ccnc1)N1CCC(CC(C)C)C1. The van der Waals surface area contributed by atoms with Crippen molar-refractivity contribution in [3.63, 3.8) is 0 Å². The van der Waals surface area contributed by atoms with Crippen LogP contribution < -0.4 is 5.32 Å². The van der Waals surface area contributed by atoms with Gasteiger partial charge in [-0.3, -0.25) is 4.99 Å². The summed E-state index contributed by atoms with van der Waals surface area (Å²) in [5.74, 6) is 2.68. The molecule has 21 heavy (non-hydrogen) atoms. The maximum atomic E-state index is 4.43. The van der Waals surface area contributed by atoms with Crippen molar-refractivity contribution >= 4 is 5.96 Å². The van der Waals surface area contributed by atoms with Gasteiger partial charge in [-0.25, -0.2) is 4.98 Å². The molecule has 1 N–H and O–H groups in total. The lowest BCUT2D eigenvalue weighted by Gasteiger charge is -2.22. The zero-order chi connectivity index (χ0) is 15.1. The zero-order valence-corrected chi connectivity index (χ0v) is 13.6. The summed E-state index contributed by atoms with van der Waals surface area (Å²) >= 11 is 0. The molecule has 1 aliphatic heterocycles. The molecule has 1 aliphatic rings. The molecule has 0 spiro atoms. The summed E-state index contributed by atoms with van der Waals surface area (Å²) in [6, 6.07) is 0. The van der Waals surface area contributed by atoms with Gasteiger partial charge in [-0.15, -0.1) is 0 Å². The first-order chi connectivity index (χ1) is 10.2. The van der Waals surface area contributed by atoms with Gasteiger partial charge in [0.05, 0.1) is 6.33 Å². The molecule has 1 aromatic heterocycles. The third-order valence-corrected chi connectivity index (χ3v) is 4.04. The van der Waals surface area contributed by atoms with Gasteiger partial charge in [-0.05, 0) is 31.1 Å². The van der Waals surface area contributed by atoms with Crippen LogP contribution in [-0.4, -0.2) is 47.1 Å². The van der Waals surface area contributed by atoms with Crippen LogP contribution in [-0.2, 0) is 6.54 Å². The van der Waals surface area contributed by atoms with Crippen LogP contribution in [0.4, 0.5) is 0 Å². The van der Waals surface area contributed by atoms with E-state index < -0.39 is 0 Å². The van der Waals surface area contributed by atoms with Gasteiger partial charge < -0.3 is 14.8 Å². The number of aromatic nitrogens is 2. The summed E-state index contributed by atoms with van der Waals surface area (Å²) in [5.41, 5.74) is 0. The fourth-order valence-corrected chi connectivity index (χ4v) is 3.10. The Bertz CT molecular complexity index is 424. The second kappa shape index (κ2) is 8.05. The number of nitrogens with zero attached hydrogens (tertiary/aromatic N) is 4. The molecule has 0 saturated carbocycles. The largest absolute Gasteiger partial charge is 0.356 e. The number of rotatable bonds is 6. The highest BCUT2D eigenvalue weighted by atomic mass is 15.3. The maximum absolute atomic E-state index is 4.43. The molecule has 1 aromatic rings. The minimum absolute atomic E-state index is 0.792. The predicted octanol–water partition coefficient (Wildman–Crippen LogP) is 2.22. The summed E-state index contributed by atoms with van der Waals surface area (Å²) in [6.45, 7) is 8.87. The summed E-state index contributed by atoms with van der Waals surface area (Å²) < 4.78 is 2.11. The van der Waals surface area contributed by atoms with Crippen molar-refractivity contribution in [2.45, 2.75) is 39.7 Å². The molecular weight excluding hydrogens is 262 g/mol. The van der Waals surface area contributed by atoms with Crippen LogP contribution in [0.2, 0.25) is 0 Å². The van der Waals surface area contributed by atoms with Crippen molar-refractivity contribution in [3.8, 4) is 0 Å². The fourth-order valence-electron chi connectivity index (χ4n) is 3.10. The van der Waals surface area contributed by atoms with Crippen molar-refractivity contribution < 1.29 is 0 Å². The van der Waals surface area contributed by atoms with E-state index in [4.69, 9.17) is 0 Å². The molecule has 1 unspecified atom stereocenters. The molecule has 2 rings (SSSR count). The zero-order valence-electron chi connectivity index (χ0n) is 13.6. The molecule has 2 heterocycles. The molecule has 0 aromatic carbocycles. The van der Waals surface area contributed by atoms with Gasteiger partial charge in [0, 0.05) is 45.6 Å². The van der Waals surface area contributed by atoms with Crippen molar-refractivity contribution in [2.24, 2.45) is 16.8 Å². The Morgan fingerprint density at radius 2 is 2.33 bits per heavy atom. The van der Waals surface area contributed by atoms with E-state index in [0.29, 0.717) is 0 Å². The van der Waals surface area contributed by atoms with Crippen LogP contribution in [0.3, 0.4) is 0 Å². The molecule has 0 radical (unpaired) electrons. The van der Waals surface area contributed by atoms with Crippen LogP contribution in [0, 0.1) is 11.8 Å². The molecule has 118 valence electrons. The van der Waals surface area contributed by atoms with E-state index in [0.717, 1.165) is 50.4 Å². The smallest absolute Gasteiger partial charge is 0.193 e. The fraction of sp³-hybridized carbons (Fsp3) is 0.750. The predicted molar refractivity (Wildman–Crippen MR) is 87.3 cm³/mol. The molecular formula is C16H29N5. The number of nitrogens with one attached hydrogen (secondary N) is 1. The Hall–Kier alpha value is -1.52. The first-order valence-electron chi connectivity index (χ1n) is 8.10. The third-order valence-electron chi connectivity index (χ3n) is 4.04. The Balaban J connectivity index is 1.69. The molecule has 1 fully saturated rings. The number of imidazole rings is 1. The Labute approximate surface area is 128 Å². The van der Waals surface area contributed by atoms with Crippen molar-refractivity contribution in [1.82, 2.24) is 19.8 Å². The Morgan fingerprint density at radius 1 is 1.48 bits per heavy atom. The molecule has 5 heteroatoms. The maximum Gasteiger partial charge on any atom is 0.193 e. The molecule has 0 aliphatic carbocycles. The number of aliphatic imine (C=N–C) groups is 1. The highest BCUT2D eigenvalue weighted by Gasteiger charge is 2.25. The van der Waals surface area contributed by atoms with Gasteiger partial charge in [0.2, 0.25) is 0 Å². The topological polar surface area (TPSA) is 45.5 Å². The van der Waals surface area contributed by atoms with Crippen LogP contribution in [0.1, 0.15) is 33.1 Å². The Morgan fingerprint density at radius 3 is 3.00 bits per heavy atom. The van der Waals surface area contributed by atoms with E-state index in [-0.39, 0.29) is 0 Å². The quantitative estimate of drug-likeness (QED) is 0.496.